The van der Waals surface area contributed by atoms with Gasteiger partial charge in [0.2, 0.25) is 0 Å². The molecule has 1 atom stereocenters. The van der Waals surface area contributed by atoms with E-state index >= 15 is 0 Å². The first-order chi connectivity index (χ1) is 6.04. The van der Waals surface area contributed by atoms with E-state index in [0.717, 1.165) is 5.56 Å². The lowest BCUT2D eigenvalue weighted by atomic mass is 10.1. The number of aromatic hydroxyl groups is 2. The zero-order valence-corrected chi connectivity index (χ0v) is 9.38. The van der Waals surface area contributed by atoms with E-state index in [1.54, 1.807) is 12.1 Å². The summed E-state index contributed by atoms with van der Waals surface area (Å²) in [6.07, 6.45) is 0. The fourth-order valence-electron chi connectivity index (χ4n) is 1.16. The number of hydrogen-bond acceptors (Lipinski definition) is 3. The Labute approximate surface area is 90.4 Å². The first-order valence-corrected chi connectivity index (χ1v) is 4.21. The minimum Gasteiger partial charge on any atom is -0.504 e. The molecular weight excluding hydrogens is 202 g/mol. The molecule has 0 aliphatic rings. The largest absolute Gasteiger partial charge is 0.504 e. The van der Waals surface area contributed by atoms with Gasteiger partial charge in [-0.1, -0.05) is 12.1 Å². The molecule has 1 unspecified atom stereocenters. The maximum Gasteiger partial charge on any atom is 0.162 e. The molecule has 2 N–H and O–H groups in total. The normalized spacial score (nSPS) is 12.3. The number of rotatable bonds is 2. The quantitative estimate of drug-likeness (QED) is 0.746. The summed E-state index contributed by atoms with van der Waals surface area (Å²) < 4.78 is 0. The molecule has 1 aromatic carbocycles. The van der Waals surface area contributed by atoms with Gasteiger partial charge in [0.1, 0.15) is 0 Å². The molecular formula is C10H16ClNO2. The minimum atomic E-state index is -0.0637. The van der Waals surface area contributed by atoms with Crippen LogP contribution in [0.2, 0.25) is 0 Å². The van der Waals surface area contributed by atoms with Crippen molar-refractivity contribution in [1.29, 1.82) is 0 Å². The summed E-state index contributed by atoms with van der Waals surface area (Å²) in [5.74, 6) is -0.0881. The van der Waals surface area contributed by atoms with Gasteiger partial charge in [-0.15, -0.1) is 12.4 Å². The van der Waals surface area contributed by atoms with Gasteiger partial charge >= 0.3 is 0 Å². The Morgan fingerprint density at radius 2 is 1.79 bits per heavy atom. The summed E-state index contributed by atoms with van der Waals surface area (Å²) in [7, 11) is 3.85. The molecule has 14 heavy (non-hydrogen) atoms. The lowest BCUT2D eigenvalue weighted by molar-refractivity contribution is 0.307. The second-order valence-electron chi connectivity index (χ2n) is 3.35. The van der Waals surface area contributed by atoms with Crippen molar-refractivity contribution in [2.75, 3.05) is 14.1 Å². The van der Waals surface area contributed by atoms with Crippen molar-refractivity contribution in [2.45, 2.75) is 13.0 Å². The van der Waals surface area contributed by atoms with Crippen LogP contribution in [0.1, 0.15) is 18.5 Å². The summed E-state index contributed by atoms with van der Waals surface area (Å²) >= 11 is 0. The summed E-state index contributed by atoms with van der Waals surface area (Å²) in [4.78, 5) is 1.97. The van der Waals surface area contributed by atoms with Crippen LogP contribution in [0.5, 0.6) is 11.5 Å². The smallest absolute Gasteiger partial charge is 0.162 e. The van der Waals surface area contributed by atoms with Crippen LogP contribution in [0.25, 0.3) is 0 Å². The zero-order chi connectivity index (χ0) is 10.0. The number of hydrogen-bond donors (Lipinski definition) is 2. The van der Waals surface area contributed by atoms with Crippen molar-refractivity contribution in [3.63, 3.8) is 0 Å². The van der Waals surface area contributed by atoms with Crippen LogP contribution in [0.3, 0.4) is 0 Å². The molecule has 0 bridgehead atoms. The number of nitrogens with zero attached hydrogens (tertiary/aromatic N) is 1. The Hall–Kier alpha value is -0.930. The third kappa shape index (κ3) is 2.53. The Morgan fingerprint density at radius 1 is 1.21 bits per heavy atom. The van der Waals surface area contributed by atoms with Crippen LogP contribution in [-0.4, -0.2) is 29.2 Å². The summed E-state index contributed by atoms with van der Waals surface area (Å²) in [5, 5.41) is 18.8. The maximum atomic E-state index is 9.54. The molecule has 0 aliphatic heterocycles. The molecule has 0 saturated heterocycles. The number of para-hydroxylation sites is 1. The van der Waals surface area contributed by atoms with Gasteiger partial charge in [0.15, 0.2) is 11.5 Å². The Bertz CT molecular complexity index is 302. The van der Waals surface area contributed by atoms with Crippen LogP contribution >= 0.6 is 12.4 Å². The van der Waals surface area contributed by atoms with Gasteiger partial charge in [-0.25, -0.2) is 0 Å². The lowest BCUT2D eigenvalue weighted by Gasteiger charge is -2.21. The summed E-state index contributed by atoms with van der Waals surface area (Å²) in [5.41, 5.74) is 0.741. The lowest BCUT2D eigenvalue weighted by Crippen LogP contribution is -2.16. The number of halogens is 1. The van der Waals surface area contributed by atoms with Crippen molar-refractivity contribution < 1.29 is 10.2 Å². The second kappa shape index (κ2) is 5.08. The third-order valence-corrected chi connectivity index (χ3v) is 2.27. The first kappa shape index (κ1) is 13.1. The van der Waals surface area contributed by atoms with E-state index in [2.05, 4.69) is 0 Å². The standard InChI is InChI=1S/C10H15NO2.ClH/c1-7(11(2)3)8-5-4-6-9(12)10(8)13;/h4-7,12-13H,1-3H3;1H. The topological polar surface area (TPSA) is 43.7 Å². The predicted octanol–water partition coefficient (Wildman–Crippen LogP) is 2.14. The molecule has 0 aliphatic carbocycles. The average molecular weight is 218 g/mol. The highest BCUT2D eigenvalue weighted by molar-refractivity contribution is 5.85. The molecule has 80 valence electrons. The Balaban J connectivity index is 0.00000169. The summed E-state index contributed by atoms with van der Waals surface area (Å²) in [6.45, 7) is 1.97. The summed E-state index contributed by atoms with van der Waals surface area (Å²) in [6, 6.07) is 5.10. The molecule has 0 heterocycles. The van der Waals surface area contributed by atoms with E-state index < -0.39 is 0 Å². The highest BCUT2D eigenvalue weighted by Gasteiger charge is 2.13. The van der Waals surface area contributed by atoms with Gasteiger partial charge in [-0.2, -0.15) is 0 Å². The minimum absolute atomic E-state index is 0. The number of benzene rings is 1. The van der Waals surface area contributed by atoms with Gasteiger partial charge in [0.25, 0.3) is 0 Å². The van der Waals surface area contributed by atoms with Crippen LogP contribution in [-0.2, 0) is 0 Å². The molecule has 0 spiro atoms. The monoisotopic (exact) mass is 217 g/mol. The SMILES string of the molecule is CC(c1cccc(O)c1O)N(C)C.Cl. The van der Waals surface area contributed by atoms with E-state index in [4.69, 9.17) is 0 Å². The fraction of sp³-hybridized carbons (Fsp3) is 0.400. The molecule has 0 amide bonds. The fourth-order valence-corrected chi connectivity index (χ4v) is 1.16. The van der Waals surface area contributed by atoms with Crippen LogP contribution in [0.4, 0.5) is 0 Å². The van der Waals surface area contributed by atoms with E-state index in [0.29, 0.717) is 0 Å². The number of phenolic OH excluding ortho intramolecular Hbond substituents is 2. The molecule has 1 aromatic rings. The molecule has 4 heteroatoms. The molecule has 0 radical (unpaired) electrons. The zero-order valence-electron chi connectivity index (χ0n) is 8.56. The van der Waals surface area contributed by atoms with E-state index in [1.165, 1.54) is 6.07 Å². The predicted molar refractivity (Wildman–Crippen MR) is 59.1 cm³/mol. The second-order valence-corrected chi connectivity index (χ2v) is 3.35. The average Bonchev–Trinajstić information content (AvgIpc) is 2.08. The van der Waals surface area contributed by atoms with Gasteiger partial charge < -0.3 is 15.1 Å². The van der Waals surface area contributed by atoms with Gasteiger partial charge in [0, 0.05) is 11.6 Å². The number of phenols is 2. The van der Waals surface area contributed by atoms with E-state index in [-0.39, 0.29) is 29.9 Å². The van der Waals surface area contributed by atoms with Crippen molar-refractivity contribution >= 4 is 12.4 Å². The highest BCUT2D eigenvalue weighted by atomic mass is 35.5. The van der Waals surface area contributed by atoms with Crippen LogP contribution in [0, 0.1) is 0 Å². The molecule has 1 rings (SSSR count). The first-order valence-electron chi connectivity index (χ1n) is 4.21. The van der Waals surface area contributed by atoms with E-state index in [9.17, 15) is 10.2 Å². The Morgan fingerprint density at radius 3 is 2.29 bits per heavy atom. The van der Waals surface area contributed by atoms with E-state index in [1.807, 2.05) is 25.9 Å². The van der Waals surface area contributed by atoms with Gasteiger partial charge in [0.05, 0.1) is 0 Å². The molecule has 3 nitrogen and oxygen atoms in total. The van der Waals surface area contributed by atoms with Gasteiger partial charge in [-0.05, 0) is 27.1 Å². The van der Waals surface area contributed by atoms with Gasteiger partial charge in [-0.3, -0.25) is 0 Å². The highest BCUT2D eigenvalue weighted by Crippen LogP contribution is 2.33. The van der Waals surface area contributed by atoms with Crippen molar-refractivity contribution in [2.24, 2.45) is 0 Å². The van der Waals surface area contributed by atoms with Crippen LogP contribution in [0.15, 0.2) is 18.2 Å². The molecule has 0 aromatic heterocycles. The maximum absolute atomic E-state index is 9.54. The third-order valence-electron chi connectivity index (χ3n) is 2.27. The van der Waals surface area contributed by atoms with Crippen LogP contribution < -0.4 is 0 Å². The van der Waals surface area contributed by atoms with Crippen molar-refractivity contribution in [3.8, 4) is 11.5 Å². The van der Waals surface area contributed by atoms with Crippen molar-refractivity contribution in [1.82, 2.24) is 4.90 Å². The molecule has 0 saturated carbocycles. The van der Waals surface area contributed by atoms with Crippen molar-refractivity contribution in [3.05, 3.63) is 23.8 Å². The Kier molecular flexibility index (Phi) is 4.74. The molecule has 0 fully saturated rings.